The third-order valence-corrected chi connectivity index (χ3v) is 4.06. The summed E-state index contributed by atoms with van der Waals surface area (Å²) in [6, 6.07) is 12.1. The second-order valence-electron chi connectivity index (χ2n) is 5.95. The van der Waals surface area contributed by atoms with Crippen molar-refractivity contribution < 1.29 is 9.18 Å². The molecule has 0 unspecified atom stereocenters. The van der Waals surface area contributed by atoms with Crippen molar-refractivity contribution >= 4 is 22.5 Å². The molecule has 0 aliphatic rings. The fraction of sp³-hybridized carbons (Fsp3) is 0.211. The van der Waals surface area contributed by atoms with Crippen LogP contribution < -0.4 is 10.2 Å². The van der Waals surface area contributed by atoms with Crippen molar-refractivity contribution in [2.75, 3.05) is 25.5 Å². The van der Waals surface area contributed by atoms with Gasteiger partial charge in [-0.2, -0.15) is 0 Å². The van der Waals surface area contributed by atoms with E-state index in [9.17, 15) is 9.18 Å². The Labute approximate surface area is 140 Å². The van der Waals surface area contributed by atoms with Crippen LogP contribution in [0.5, 0.6) is 0 Å². The summed E-state index contributed by atoms with van der Waals surface area (Å²) in [5.41, 5.74) is 3.57. The third-order valence-electron chi connectivity index (χ3n) is 4.06. The Morgan fingerprint density at radius 2 is 1.92 bits per heavy atom. The molecule has 1 aromatic heterocycles. The molecule has 0 spiro atoms. The summed E-state index contributed by atoms with van der Waals surface area (Å²) in [7, 11) is 3.91. The number of carbonyl (C=O) groups excluding carboxylic acids is 1. The quantitative estimate of drug-likeness (QED) is 0.756. The Morgan fingerprint density at radius 1 is 1.17 bits per heavy atom. The van der Waals surface area contributed by atoms with E-state index >= 15 is 0 Å². The van der Waals surface area contributed by atoms with Gasteiger partial charge in [-0.3, -0.25) is 4.79 Å². The number of aromatic nitrogens is 1. The topological polar surface area (TPSA) is 48.1 Å². The average molecular weight is 325 g/mol. The summed E-state index contributed by atoms with van der Waals surface area (Å²) in [5, 5.41) is 3.77. The van der Waals surface area contributed by atoms with Crippen molar-refractivity contribution in [3.05, 3.63) is 65.6 Å². The molecule has 24 heavy (non-hydrogen) atoms. The maximum atomic E-state index is 13.4. The van der Waals surface area contributed by atoms with Crippen molar-refractivity contribution in [3.8, 4) is 0 Å². The molecular weight excluding hydrogens is 305 g/mol. The first kappa shape index (κ1) is 16.1. The summed E-state index contributed by atoms with van der Waals surface area (Å²) < 4.78 is 13.4. The zero-order valence-corrected chi connectivity index (χ0v) is 13.8. The molecule has 2 N–H and O–H groups in total. The van der Waals surface area contributed by atoms with E-state index in [4.69, 9.17) is 0 Å². The molecule has 0 aliphatic heterocycles. The van der Waals surface area contributed by atoms with Gasteiger partial charge < -0.3 is 15.2 Å². The van der Waals surface area contributed by atoms with Crippen LogP contribution in [-0.2, 0) is 6.42 Å². The molecule has 0 atom stereocenters. The van der Waals surface area contributed by atoms with Crippen molar-refractivity contribution in [3.63, 3.8) is 0 Å². The summed E-state index contributed by atoms with van der Waals surface area (Å²) in [5.74, 6) is -0.361. The first-order chi connectivity index (χ1) is 11.5. The lowest BCUT2D eigenvalue weighted by molar-refractivity contribution is 0.0954. The van der Waals surface area contributed by atoms with E-state index in [-0.39, 0.29) is 11.7 Å². The molecule has 5 heteroatoms. The number of hydrogen-bond acceptors (Lipinski definition) is 2. The van der Waals surface area contributed by atoms with Crippen LogP contribution in [0.4, 0.5) is 10.1 Å². The van der Waals surface area contributed by atoms with Crippen molar-refractivity contribution in [2.45, 2.75) is 6.42 Å². The fourth-order valence-electron chi connectivity index (χ4n) is 2.68. The molecular formula is C19H20FN3O. The predicted molar refractivity (Wildman–Crippen MR) is 95.1 cm³/mol. The fourth-order valence-corrected chi connectivity index (χ4v) is 2.68. The molecule has 2 aromatic carbocycles. The second-order valence-corrected chi connectivity index (χ2v) is 5.95. The highest BCUT2D eigenvalue weighted by molar-refractivity contribution is 5.94. The van der Waals surface area contributed by atoms with Crippen molar-refractivity contribution in [1.82, 2.24) is 10.3 Å². The minimum absolute atomic E-state index is 0.105. The molecule has 4 nitrogen and oxygen atoms in total. The van der Waals surface area contributed by atoms with E-state index in [0.717, 1.165) is 22.2 Å². The van der Waals surface area contributed by atoms with Crippen LogP contribution in [0.1, 0.15) is 15.9 Å². The maximum Gasteiger partial charge on any atom is 0.251 e. The highest BCUT2D eigenvalue weighted by Gasteiger charge is 2.08. The van der Waals surface area contributed by atoms with Gasteiger partial charge in [0.25, 0.3) is 5.91 Å². The van der Waals surface area contributed by atoms with Gasteiger partial charge in [0.2, 0.25) is 0 Å². The van der Waals surface area contributed by atoms with Crippen LogP contribution in [-0.4, -0.2) is 31.5 Å². The van der Waals surface area contributed by atoms with E-state index < -0.39 is 0 Å². The molecule has 0 fully saturated rings. The zero-order valence-electron chi connectivity index (χ0n) is 13.8. The van der Waals surface area contributed by atoms with Crippen molar-refractivity contribution in [1.29, 1.82) is 0 Å². The number of aromatic amines is 1. The number of amides is 1. The SMILES string of the molecule is CN(C)c1ccc(C(=O)NCCc2c[nH]c3ccc(F)cc23)cc1. The Bertz CT molecular complexity index is 853. The molecule has 1 heterocycles. The van der Waals surface area contributed by atoms with Crippen LogP contribution in [0.2, 0.25) is 0 Å². The molecule has 1 amide bonds. The number of nitrogens with zero attached hydrogens (tertiary/aromatic N) is 1. The number of nitrogens with one attached hydrogen (secondary N) is 2. The Kier molecular flexibility index (Phi) is 4.51. The summed E-state index contributed by atoms with van der Waals surface area (Å²) in [6.07, 6.45) is 2.51. The van der Waals surface area contributed by atoms with Crippen LogP contribution in [0, 0.1) is 5.82 Å². The van der Waals surface area contributed by atoms with Crippen LogP contribution in [0.25, 0.3) is 10.9 Å². The lowest BCUT2D eigenvalue weighted by Gasteiger charge is -2.12. The standard InChI is InChI=1S/C19H20FN3O/c1-23(2)16-6-3-13(4-7-16)19(24)21-10-9-14-12-22-18-8-5-15(20)11-17(14)18/h3-8,11-12,22H,9-10H2,1-2H3,(H,21,24). The van der Waals surface area contributed by atoms with Gasteiger partial charge in [-0.1, -0.05) is 0 Å². The number of rotatable bonds is 5. The average Bonchev–Trinajstić information content (AvgIpc) is 2.97. The molecule has 0 saturated carbocycles. The number of fused-ring (bicyclic) bond motifs is 1. The van der Waals surface area contributed by atoms with Gasteiger partial charge in [0.15, 0.2) is 0 Å². The van der Waals surface area contributed by atoms with E-state index in [2.05, 4.69) is 10.3 Å². The number of halogens is 1. The molecule has 0 aliphatic carbocycles. The Morgan fingerprint density at radius 3 is 2.62 bits per heavy atom. The largest absolute Gasteiger partial charge is 0.378 e. The van der Waals surface area contributed by atoms with Gasteiger partial charge >= 0.3 is 0 Å². The summed E-state index contributed by atoms with van der Waals surface area (Å²) in [6.45, 7) is 0.498. The van der Waals surface area contributed by atoms with Gasteiger partial charge in [0.1, 0.15) is 5.82 Å². The lowest BCUT2D eigenvalue weighted by atomic mass is 10.1. The smallest absolute Gasteiger partial charge is 0.251 e. The maximum absolute atomic E-state index is 13.4. The van der Waals surface area contributed by atoms with E-state index in [1.165, 1.54) is 12.1 Å². The molecule has 3 rings (SSSR count). The molecule has 124 valence electrons. The van der Waals surface area contributed by atoms with Gasteiger partial charge in [-0.25, -0.2) is 4.39 Å². The van der Waals surface area contributed by atoms with Crippen LogP contribution >= 0.6 is 0 Å². The van der Waals surface area contributed by atoms with Gasteiger partial charge in [-0.15, -0.1) is 0 Å². The lowest BCUT2D eigenvalue weighted by Crippen LogP contribution is -2.25. The van der Waals surface area contributed by atoms with Gasteiger partial charge in [0, 0.05) is 49.0 Å². The van der Waals surface area contributed by atoms with E-state index in [0.29, 0.717) is 18.5 Å². The van der Waals surface area contributed by atoms with E-state index in [1.54, 1.807) is 6.07 Å². The zero-order chi connectivity index (χ0) is 17.1. The van der Waals surface area contributed by atoms with Gasteiger partial charge in [0.05, 0.1) is 0 Å². The number of hydrogen-bond donors (Lipinski definition) is 2. The van der Waals surface area contributed by atoms with Crippen molar-refractivity contribution in [2.24, 2.45) is 0 Å². The molecule has 3 aromatic rings. The Balaban J connectivity index is 1.61. The molecule has 0 radical (unpaired) electrons. The monoisotopic (exact) mass is 325 g/mol. The highest BCUT2D eigenvalue weighted by atomic mass is 19.1. The minimum Gasteiger partial charge on any atom is -0.378 e. The first-order valence-electron chi connectivity index (χ1n) is 7.85. The number of anilines is 1. The first-order valence-corrected chi connectivity index (χ1v) is 7.85. The molecule has 0 saturated heterocycles. The predicted octanol–water partition coefficient (Wildman–Crippen LogP) is 3.35. The summed E-state index contributed by atoms with van der Waals surface area (Å²) in [4.78, 5) is 17.3. The van der Waals surface area contributed by atoms with E-state index in [1.807, 2.05) is 49.5 Å². The summed E-state index contributed by atoms with van der Waals surface area (Å²) >= 11 is 0. The number of H-pyrrole nitrogens is 1. The second kappa shape index (κ2) is 6.74. The minimum atomic E-state index is -0.256. The Hall–Kier alpha value is -2.82. The van der Waals surface area contributed by atoms with Crippen LogP contribution in [0.3, 0.4) is 0 Å². The van der Waals surface area contributed by atoms with Gasteiger partial charge in [-0.05, 0) is 54.4 Å². The number of carbonyl (C=O) groups is 1. The van der Waals surface area contributed by atoms with Crippen LogP contribution in [0.15, 0.2) is 48.7 Å². The highest BCUT2D eigenvalue weighted by Crippen LogP contribution is 2.19. The third kappa shape index (κ3) is 3.40. The molecule has 0 bridgehead atoms. The number of benzene rings is 2. The normalized spacial score (nSPS) is 10.8.